The van der Waals surface area contributed by atoms with Gasteiger partial charge in [-0.25, -0.2) is 4.98 Å². The summed E-state index contributed by atoms with van der Waals surface area (Å²) >= 11 is 1.67. The van der Waals surface area contributed by atoms with E-state index in [1.807, 2.05) is 55.0 Å². The fourth-order valence-electron chi connectivity index (χ4n) is 3.42. The summed E-state index contributed by atoms with van der Waals surface area (Å²) < 4.78 is 0. The molecular weight excluding hydrogens is 400 g/mol. The Morgan fingerprint density at radius 2 is 1.65 bits per heavy atom. The molecule has 5 heteroatoms. The van der Waals surface area contributed by atoms with Crippen molar-refractivity contribution in [1.29, 1.82) is 0 Å². The summed E-state index contributed by atoms with van der Waals surface area (Å²) in [5.41, 5.74) is 5.56. The molecule has 0 unspecified atom stereocenters. The Hall–Kier alpha value is -3.83. The standard InChI is InChI=1S/C17H13N3S.C9H7N/c1-2-4-12(5-3-1)8-14-11-21-17(19-14)15-9-13-6-7-18-10-16(13)20-15;1-2-6-9-8(4-1)5-3-7-10-9/h1-7,9-11,20H,8H2;1-7H. The smallest absolute Gasteiger partial charge is 0.139 e. The molecule has 0 saturated carbocycles. The topological polar surface area (TPSA) is 54.5 Å². The number of thiazole rings is 1. The highest BCUT2D eigenvalue weighted by Crippen LogP contribution is 2.27. The van der Waals surface area contributed by atoms with Crippen LogP contribution >= 0.6 is 11.3 Å². The number of hydrogen-bond donors (Lipinski definition) is 1. The maximum Gasteiger partial charge on any atom is 0.139 e. The molecule has 1 N–H and O–H groups in total. The molecule has 4 heterocycles. The van der Waals surface area contributed by atoms with E-state index in [2.05, 4.69) is 62.8 Å². The third kappa shape index (κ3) is 4.52. The van der Waals surface area contributed by atoms with Crippen LogP contribution in [0.25, 0.3) is 32.5 Å². The van der Waals surface area contributed by atoms with Crippen LogP contribution in [0.5, 0.6) is 0 Å². The van der Waals surface area contributed by atoms with Crippen molar-refractivity contribution in [2.24, 2.45) is 0 Å². The zero-order chi connectivity index (χ0) is 20.9. The van der Waals surface area contributed by atoms with Crippen LogP contribution in [-0.2, 0) is 6.42 Å². The first-order chi connectivity index (χ1) is 15.3. The number of H-pyrrole nitrogens is 1. The van der Waals surface area contributed by atoms with Crippen LogP contribution in [-0.4, -0.2) is 19.9 Å². The third-order valence-corrected chi connectivity index (χ3v) is 5.87. The molecule has 6 rings (SSSR count). The SMILES string of the molecule is c1ccc(Cc2csc(-c3cc4ccncc4[nH]3)n2)cc1.c1ccc2ncccc2c1. The molecule has 0 saturated heterocycles. The van der Waals surface area contributed by atoms with Crippen LogP contribution < -0.4 is 0 Å². The predicted octanol–water partition coefficient (Wildman–Crippen LogP) is 6.51. The molecule has 4 nitrogen and oxygen atoms in total. The quantitative estimate of drug-likeness (QED) is 0.355. The first-order valence-corrected chi connectivity index (χ1v) is 10.9. The van der Waals surface area contributed by atoms with Gasteiger partial charge >= 0.3 is 0 Å². The van der Waals surface area contributed by atoms with Crippen LogP contribution in [0.3, 0.4) is 0 Å². The predicted molar refractivity (Wildman–Crippen MR) is 128 cm³/mol. The lowest BCUT2D eigenvalue weighted by molar-refractivity contribution is 1.11. The number of aromatic amines is 1. The van der Waals surface area contributed by atoms with E-state index in [9.17, 15) is 0 Å². The van der Waals surface area contributed by atoms with Gasteiger partial charge in [0.2, 0.25) is 0 Å². The minimum absolute atomic E-state index is 0.874. The monoisotopic (exact) mass is 420 g/mol. The lowest BCUT2D eigenvalue weighted by Gasteiger charge is -1.96. The number of hydrogen-bond acceptors (Lipinski definition) is 4. The van der Waals surface area contributed by atoms with Crippen molar-refractivity contribution in [2.75, 3.05) is 0 Å². The molecule has 150 valence electrons. The van der Waals surface area contributed by atoms with Crippen molar-refractivity contribution in [1.82, 2.24) is 19.9 Å². The second-order valence-corrected chi connectivity index (χ2v) is 8.01. The van der Waals surface area contributed by atoms with Gasteiger partial charge in [-0.15, -0.1) is 11.3 Å². The summed E-state index contributed by atoms with van der Waals surface area (Å²) in [5, 5.41) is 5.52. The van der Waals surface area contributed by atoms with Gasteiger partial charge in [0.25, 0.3) is 0 Å². The molecule has 0 bridgehead atoms. The van der Waals surface area contributed by atoms with E-state index in [-0.39, 0.29) is 0 Å². The fourth-order valence-corrected chi connectivity index (χ4v) is 4.21. The largest absolute Gasteiger partial charge is 0.351 e. The van der Waals surface area contributed by atoms with Crippen molar-refractivity contribution < 1.29 is 0 Å². The number of aromatic nitrogens is 4. The zero-order valence-corrected chi connectivity index (χ0v) is 17.6. The van der Waals surface area contributed by atoms with Gasteiger partial charge in [-0.05, 0) is 29.8 Å². The Balaban J connectivity index is 0.000000171. The Morgan fingerprint density at radius 3 is 2.52 bits per heavy atom. The van der Waals surface area contributed by atoms with Crippen molar-refractivity contribution in [3.05, 3.63) is 114 Å². The summed E-state index contributed by atoms with van der Waals surface area (Å²) in [7, 11) is 0. The van der Waals surface area contributed by atoms with E-state index in [1.54, 1.807) is 11.3 Å². The summed E-state index contributed by atoms with van der Waals surface area (Å²) in [5.74, 6) is 0. The Morgan fingerprint density at radius 1 is 0.806 bits per heavy atom. The van der Waals surface area contributed by atoms with Gasteiger partial charge in [-0.3, -0.25) is 9.97 Å². The van der Waals surface area contributed by atoms with E-state index < -0.39 is 0 Å². The van der Waals surface area contributed by atoms with Gasteiger partial charge in [0.15, 0.2) is 0 Å². The maximum absolute atomic E-state index is 4.74. The van der Waals surface area contributed by atoms with Crippen LogP contribution in [0, 0.1) is 0 Å². The van der Waals surface area contributed by atoms with Gasteiger partial charge in [-0.2, -0.15) is 0 Å². The van der Waals surface area contributed by atoms with E-state index in [4.69, 9.17) is 4.98 Å². The molecule has 2 aromatic carbocycles. The van der Waals surface area contributed by atoms with Gasteiger partial charge in [0, 0.05) is 35.0 Å². The van der Waals surface area contributed by atoms with Gasteiger partial charge in [0.1, 0.15) is 5.01 Å². The number of nitrogens with one attached hydrogen (secondary N) is 1. The molecule has 0 atom stereocenters. The Labute approximate surface area is 184 Å². The van der Waals surface area contributed by atoms with Crippen molar-refractivity contribution >= 4 is 33.1 Å². The van der Waals surface area contributed by atoms with Crippen LogP contribution in [0.1, 0.15) is 11.3 Å². The number of para-hydroxylation sites is 1. The minimum atomic E-state index is 0.874. The van der Waals surface area contributed by atoms with Gasteiger partial charge in [-0.1, -0.05) is 54.6 Å². The second kappa shape index (κ2) is 8.90. The highest BCUT2D eigenvalue weighted by Gasteiger charge is 2.08. The first-order valence-electron chi connectivity index (χ1n) is 10.1. The molecule has 0 aliphatic rings. The molecule has 6 aromatic rings. The number of benzene rings is 2. The number of fused-ring (bicyclic) bond motifs is 2. The zero-order valence-electron chi connectivity index (χ0n) is 16.8. The van der Waals surface area contributed by atoms with Crippen molar-refractivity contribution in [3.63, 3.8) is 0 Å². The molecule has 0 spiro atoms. The first kappa shape index (κ1) is 19.2. The minimum Gasteiger partial charge on any atom is -0.351 e. The lowest BCUT2D eigenvalue weighted by Crippen LogP contribution is -1.87. The normalized spacial score (nSPS) is 10.7. The molecule has 0 radical (unpaired) electrons. The second-order valence-electron chi connectivity index (χ2n) is 7.15. The summed E-state index contributed by atoms with van der Waals surface area (Å²) in [6, 6.07) is 26.6. The molecule has 4 aromatic heterocycles. The van der Waals surface area contributed by atoms with Crippen LogP contribution in [0.15, 0.2) is 103 Å². The van der Waals surface area contributed by atoms with Crippen molar-refractivity contribution in [2.45, 2.75) is 6.42 Å². The Bertz CT molecular complexity index is 1320. The molecule has 0 aliphatic carbocycles. The van der Waals surface area contributed by atoms with E-state index in [0.29, 0.717) is 0 Å². The van der Waals surface area contributed by atoms with E-state index in [0.717, 1.165) is 33.8 Å². The van der Waals surface area contributed by atoms with Gasteiger partial charge in [0.05, 0.1) is 28.6 Å². The molecule has 0 aliphatic heterocycles. The van der Waals surface area contributed by atoms with E-state index in [1.165, 1.54) is 16.3 Å². The maximum atomic E-state index is 4.74. The number of nitrogens with zero attached hydrogens (tertiary/aromatic N) is 3. The summed E-state index contributed by atoms with van der Waals surface area (Å²) in [4.78, 5) is 16.4. The molecule has 0 fully saturated rings. The van der Waals surface area contributed by atoms with Crippen LogP contribution in [0.2, 0.25) is 0 Å². The number of pyridine rings is 2. The summed E-state index contributed by atoms with van der Waals surface area (Å²) in [6.07, 6.45) is 6.33. The summed E-state index contributed by atoms with van der Waals surface area (Å²) in [6.45, 7) is 0. The van der Waals surface area contributed by atoms with E-state index >= 15 is 0 Å². The number of rotatable bonds is 3. The van der Waals surface area contributed by atoms with Gasteiger partial charge < -0.3 is 4.98 Å². The lowest BCUT2D eigenvalue weighted by atomic mass is 10.1. The highest BCUT2D eigenvalue weighted by molar-refractivity contribution is 7.13. The third-order valence-electron chi connectivity index (χ3n) is 4.95. The molecule has 31 heavy (non-hydrogen) atoms. The Kier molecular flexibility index (Phi) is 5.50. The van der Waals surface area contributed by atoms with Crippen LogP contribution in [0.4, 0.5) is 0 Å². The molecule has 0 amide bonds. The average molecular weight is 421 g/mol. The fraction of sp³-hybridized carbons (Fsp3) is 0.0385. The van der Waals surface area contributed by atoms with Crippen molar-refractivity contribution in [3.8, 4) is 10.7 Å². The molecular formula is C26H20N4S. The average Bonchev–Trinajstić information content (AvgIpc) is 3.47. The highest BCUT2D eigenvalue weighted by atomic mass is 32.1.